The molecule has 1 aromatic heterocycles. The van der Waals surface area contributed by atoms with Gasteiger partial charge in [0.05, 0.1) is 5.56 Å². The highest BCUT2D eigenvalue weighted by molar-refractivity contribution is 6.06. The lowest BCUT2D eigenvalue weighted by molar-refractivity contribution is -0.137. The van der Waals surface area contributed by atoms with E-state index in [2.05, 4.69) is 0 Å². The lowest BCUT2D eigenvalue weighted by Gasteiger charge is -2.17. The number of likely N-dealkylation sites (N-methyl/N-ethyl adjacent to an activating group) is 1. The second-order valence-corrected chi connectivity index (χ2v) is 3.86. The van der Waals surface area contributed by atoms with Crippen LogP contribution in [0.2, 0.25) is 0 Å². The normalized spacial score (nSPS) is 10.5. The van der Waals surface area contributed by atoms with Gasteiger partial charge in [-0.1, -0.05) is 18.2 Å². The average molecular weight is 247 g/mol. The van der Waals surface area contributed by atoms with Crippen molar-refractivity contribution in [2.75, 3.05) is 13.1 Å². The van der Waals surface area contributed by atoms with Crippen molar-refractivity contribution in [3.8, 4) is 0 Å². The molecular weight excluding hydrogens is 234 g/mol. The Hall–Kier alpha value is -2.30. The number of carbonyl (C=O) groups excluding carboxylic acids is 1. The predicted octanol–water partition coefficient (Wildman–Crippen LogP) is 1.98. The molecule has 2 rings (SSSR count). The van der Waals surface area contributed by atoms with Gasteiger partial charge in [0, 0.05) is 11.9 Å². The van der Waals surface area contributed by atoms with Crippen LogP contribution in [0, 0.1) is 0 Å². The molecule has 0 fully saturated rings. The minimum atomic E-state index is -1.03. The van der Waals surface area contributed by atoms with Crippen LogP contribution in [0.1, 0.15) is 17.3 Å². The number of carboxylic acid groups (broad SMARTS) is 1. The molecule has 1 aromatic carbocycles. The Morgan fingerprint density at radius 1 is 1.33 bits per heavy atom. The Kier molecular flexibility index (Phi) is 3.32. The number of carboxylic acids is 1. The molecule has 0 saturated carbocycles. The van der Waals surface area contributed by atoms with Gasteiger partial charge >= 0.3 is 5.97 Å². The molecule has 0 atom stereocenters. The monoisotopic (exact) mass is 247 g/mol. The molecule has 1 amide bonds. The summed E-state index contributed by atoms with van der Waals surface area (Å²) < 4.78 is 5.27. The third-order valence-electron chi connectivity index (χ3n) is 2.71. The number of amides is 1. The molecule has 0 radical (unpaired) electrons. The van der Waals surface area contributed by atoms with Gasteiger partial charge in [0.15, 0.2) is 0 Å². The van der Waals surface area contributed by atoms with Gasteiger partial charge in [-0.2, -0.15) is 0 Å². The zero-order valence-electron chi connectivity index (χ0n) is 9.92. The first-order valence-electron chi connectivity index (χ1n) is 5.60. The van der Waals surface area contributed by atoms with Crippen LogP contribution in [0.3, 0.4) is 0 Å². The van der Waals surface area contributed by atoms with Crippen molar-refractivity contribution in [2.45, 2.75) is 6.92 Å². The van der Waals surface area contributed by atoms with Gasteiger partial charge in [-0.3, -0.25) is 9.59 Å². The second kappa shape index (κ2) is 4.91. The molecule has 0 aliphatic rings. The maximum atomic E-state index is 12.2. The van der Waals surface area contributed by atoms with E-state index < -0.39 is 5.97 Å². The quantitative estimate of drug-likeness (QED) is 0.896. The summed E-state index contributed by atoms with van der Waals surface area (Å²) in [6.45, 7) is 1.77. The van der Waals surface area contributed by atoms with E-state index >= 15 is 0 Å². The van der Waals surface area contributed by atoms with Crippen LogP contribution in [-0.2, 0) is 4.79 Å². The van der Waals surface area contributed by atoms with Gasteiger partial charge in [0.25, 0.3) is 5.91 Å². The zero-order chi connectivity index (χ0) is 13.1. The fraction of sp³-hybridized carbons (Fsp3) is 0.231. The largest absolute Gasteiger partial charge is 0.480 e. The van der Waals surface area contributed by atoms with Gasteiger partial charge in [-0.25, -0.2) is 0 Å². The summed E-state index contributed by atoms with van der Waals surface area (Å²) in [5.41, 5.74) is 1.01. The average Bonchev–Trinajstić information content (AvgIpc) is 2.78. The van der Waals surface area contributed by atoms with Gasteiger partial charge in [-0.05, 0) is 13.0 Å². The molecule has 0 spiro atoms. The van der Waals surface area contributed by atoms with Crippen molar-refractivity contribution >= 4 is 22.8 Å². The van der Waals surface area contributed by atoms with Crippen LogP contribution in [0.25, 0.3) is 11.0 Å². The van der Waals surface area contributed by atoms with E-state index in [-0.39, 0.29) is 12.5 Å². The number of hydrogen-bond donors (Lipinski definition) is 1. The Morgan fingerprint density at radius 2 is 2.06 bits per heavy atom. The van der Waals surface area contributed by atoms with E-state index in [9.17, 15) is 9.59 Å². The van der Waals surface area contributed by atoms with Gasteiger partial charge in [0.1, 0.15) is 18.4 Å². The first-order chi connectivity index (χ1) is 8.63. The number of furan rings is 1. The molecule has 0 unspecified atom stereocenters. The SMILES string of the molecule is CCN(CC(=O)O)C(=O)c1coc2ccccc12. The Bertz CT molecular complexity index is 587. The van der Waals surface area contributed by atoms with Gasteiger partial charge in [0.2, 0.25) is 0 Å². The molecule has 5 nitrogen and oxygen atoms in total. The van der Waals surface area contributed by atoms with Gasteiger partial charge < -0.3 is 14.4 Å². The van der Waals surface area contributed by atoms with Crippen LogP contribution in [0.5, 0.6) is 0 Å². The molecule has 1 N–H and O–H groups in total. The van der Waals surface area contributed by atoms with Crippen LogP contribution < -0.4 is 0 Å². The molecule has 5 heteroatoms. The molecule has 1 heterocycles. The van der Waals surface area contributed by atoms with Crippen molar-refractivity contribution in [1.29, 1.82) is 0 Å². The van der Waals surface area contributed by atoms with Crippen LogP contribution in [-0.4, -0.2) is 35.0 Å². The lowest BCUT2D eigenvalue weighted by atomic mass is 10.1. The van der Waals surface area contributed by atoms with Crippen molar-refractivity contribution in [2.24, 2.45) is 0 Å². The maximum absolute atomic E-state index is 12.2. The molecule has 18 heavy (non-hydrogen) atoms. The third-order valence-corrected chi connectivity index (χ3v) is 2.71. The molecule has 0 aliphatic heterocycles. The molecule has 0 bridgehead atoms. The summed E-state index contributed by atoms with van der Waals surface area (Å²) in [4.78, 5) is 24.1. The fourth-order valence-corrected chi connectivity index (χ4v) is 1.80. The van der Waals surface area contributed by atoms with Gasteiger partial charge in [-0.15, -0.1) is 0 Å². The van der Waals surface area contributed by atoms with E-state index in [4.69, 9.17) is 9.52 Å². The van der Waals surface area contributed by atoms with Crippen molar-refractivity contribution in [1.82, 2.24) is 4.90 Å². The first-order valence-corrected chi connectivity index (χ1v) is 5.60. The summed E-state index contributed by atoms with van der Waals surface area (Å²) in [6, 6.07) is 7.16. The molecule has 94 valence electrons. The maximum Gasteiger partial charge on any atom is 0.323 e. The number of nitrogens with zero attached hydrogens (tertiary/aromatic N) is 1. The van der Waals surface area contributed by atoms with E-state index in [0.717, 1.165) is 0 Å². The topological polar surface area (TPSA) is 70.8 Å². The highest BCUT2D eigenvalue weighted by Crippen LogP contribution is 2.21. The number of hydrogen-bond acceptors (Lipinski definition) is 3. The Labute approximate surface area is 104 Å². The summed E-state index contributed by atoms with van der Waals surface area (Å²) >= 11 is 0. The van der Waals surface area contributed by atoms with Crippen molar-refractivity contribution in [3.63, 3.8) is 0 Å². The number of benzene rings is 1. The van der Waals surface area contributed by atoms with Crippen molar-refractivity contribution in [3.05, 3.63) is 36.1 Å². The van der Waals surface area contributed by atoms with E-state index in [1.54, 1.807) is 19.1 Å². The highest BCUT2D eigenvalue weighted by Gasteiger charge is 2.20. The number of fused-ring (bicyclic) bond motifs is 1. The molecule has 0 saturated heterocycles. The summed E-state index contributed by atoms with van der Waals surface area (Å²) in [7, 11) is 0. The molecule has 0 aliphatic carbocycles. The predicted molar refractivity (Wildman–Crippen MR) is 65.4 cm³/mol. The van der Waals surface area contributed by atoms with E-state index in [1.807, 2.05) is 12.1 Å². The summed E-state index contributed by atoms with van der Waals surface area (Å²) in [5.74, 6) is -1.36. The zero-order valence-corrected chi connectivity index (χ0v) is 9.92. The first kappa shape index (κ1) is 12.2. The number of carbonyl (C=O) groups is 2. The molecular formula is C13H13NO4. The Morgan fingerprint density at radius 3 is 2.72 bits per heavy atom. The van der Waals surface area contributed by atoms with Crippen LogP contribution in [0.4, 0.5) is 0 Å². The van der Waals surface area contributed by atoms with Crippen LogP contribution >= 0.6 is 0 Å². The summed E-state index contributed by atoms with van der Waals surface area (Å²) in [6.07, 6.45) is 1.37. The minimum Gasteiger partial charge on any atom is -0.480 e. The lowest BCUT2D eigenvalue weighted by Crippen LogP contribution is -2.35. The van der Waals surface area contributed by atoms with E-state index in [0.29, 0.717) is 23.1 Å². The standard InChI is InChI=1S/C13H13NO4/c1-2-14(7-12(15)16)13(17)10-8-18-11-6-4-3-5-9(10)11/h3-6,8H,2,7H2,1H3,(H,15,16). The highest BCUT2D eigenvalue weighted by atomic mass is 16.4. The minimum absolute atomic E-state index is 0.311. The van der Waals surface area contributed by atoms with Crippen LogP contribution in [0.15, 0.2) is 34.9 Å². The Balaban J connectivity index is 2.35. The third kappa shape index (κ3) is 2.20. The second-order valence-electron chi connectivity index (χ2n) is 3.86. The smallest absolute Gasteiger partial charge is 0.323 e. The van der Waals surface area contributed by atoms with Crippen molar-refractivity contribution < 1.29 is 19.1 Å². The van der Waals surface area contributed by atoms with E-state index in [1.165, 1.54) is 11.2 Å². The molecule has 2 aromatic rings. The number of aliphatic carboxylic acids is 1. The summed E-state index contributed by atoms with van der Waals surface area (Å²) in [5, 5.41) is 9.46. The number of para-hydroxylation sites is 1. The number of rotatable bonds is 4. The fourth-order valence-electron chi connectivity index (χ4n) is 1.80.